The number of halogens is 1. The normalized spacial score (nSPS) is 11.9. The number of carbonyl (C=O) groups is 1. The molecule has 0 saturated heterocycles. The summed E-state index contributed by atoms with van der Waals surface area (Å²) in [5, 5.41) is 3.03. The van der Waals surface area contributed by atoms with Crippen LogP contribution in [0.5, 0.6) is 5.75 Å². The molecule has 0 radical (unpaired) electrons. The van der Waals surface area contributed by atoms with E-state index < -0.39 is 11.9 Å². The molecule has 2 rings (SSSR count). The molecular formula is C16H17FN2O2. The average Bonchev–Trinajstić information content (AvgIpc) is 2.47. The van der Waals surface area contributed by atoms with Gasteiger partial charge >= 0.3 is 0 Å². The molecule has 2 aromatic carbocycles. The highest BCUT2D eigenvalue weighted by Crippen LogP contribution is 2.18. The topological polar surface area (TPSA) is 64.3 Å². The van der Waals surface area contributed by atoms with E-state index in [0.29, 0.717) is 17.9 Å². The number of nitrogens with one attached hydrogen (secondary N) is 1. The molecule has 2 aromatic rings. The first-order chi connectivity index (χ1) is 10.1. The summed E-state index contributed by atoms with van der Waals surface area (Å²) in [6.07, 6.45) is 0. The Morgan fingerprint density at radius 1 is 1.29 bits per heavy atom. The highest BCUT2D eigenvalue weighted by Gasteiger charge is 2.16. The standard InChI is InChI=1S/C16H17FN2O2/c1-21-14-8-11(7-13(17)9-14)10-19-15(16(18)20)12-5-3-2-4-6-12/h2-9,15,19H,10H2,1H3,(H2,18,20). The van der Waals surface area contributed by atoms with Gasteiger partial charge in [-0.2, -0.15) is 0 Å². The Bertz CT molecular complexity index is 617. The number of primary amides is 1. The van der Waals surface area contributed by atoms with Crippen molar-refractivity contribution in [3.63, 3.8) is 0 Å². The van der Waals surface area contributed by atoms with Gasteiger partial charge in [-0.25, -0.2) is 4.39 Å². The van der Waals surface area contributed by atoms with Gasteiger partial charge in [0.15, 0.2) is 0 Å². The average molecular weight is 288 g/mol. The lowest BCUT2D eigenvalue weighted by Crippen LogP contribution is -2.33. The first kappa shape index (κ1) is 15.0. The highest BCUT2D eigenvalue weighted by atomic mass is 19.1. The predicted molar refractivity (Wildman–Crippen MR) is 78.2 cm³/mol. The Morgan fingerprint density at radius 2 is 2.00 bits per heavy atom. The number of nitrogens with two attached hydrogens (primary N) is 1. The van der Waals surface area contributed by atoms with Gasteiger partial charge in [0.1, 0.15) is 17.6 Å². The molecule has 0 fully saturated rings. The van der Waals surface area contributed by atoms with Crippen molar-refractivity contribution in [3.05, 3.63) is 65.5 Å². The highest BCUT2D eigenvalue weighted by molar-refractivity contribution is 5.81. The van der Waals surface area contributed by atoms with E-state index in [9.17, 15) is 9.18 Å². The van der Waals surface area contributed by atoms with E-state index in [4.69, 9.17) is 10.5 Å². The van der Waals surface area contributed by atoms with Crippen molar-refractivity contribution in [2.24, 2.45) is 5.73 Å². The molecule has 1 atom stereocenters. The van der Waals surface area contributed by atoms with Crippen molar-refractivity contribution in [3.8, 4) is 5.75 Å². The minimum Gasteiger partial charge on any atom is -0.497 e. The van der Waals surface area contributed by atoms with Gasteiger partial charge in [-0.1, -0.05) is 30.3 Å². The molecule has 0 aliphatic rings. The van der Waals surface area contributed by atoms with E-state index in [-0.39, 0.29) is 5.82 Å². The van der Waals surface area contributed by atoms with Crippen LogP contribution in [0.15, 0.2) is 48.5 Å². The smallest absolute Gasteiger partial charge is 0.239 e. The summed E-state index contributed by atoms with van der Waals surface area (Å²) < 4.78 is 18.4. The maximum Gasteiger partial charge on any atom is 0.239 e. The molecule has 1 amide bonds. The van der Waals surface area contributed by atoms with E-state index in [2.05, 4.69) is 5.32 Å². The number of ether oxygens (including phenoxy) is 1. The van der Waals surface area contributed by atoms with Crippen LogP contribution in [0.1, 0.15) is 17.2 Å². The lowest BCUT2D eigenvalue weighted by atomic mass is 10.1. The molecule has 0 heterocycles. The quantitative estimate of drug-likeness (QED) is 0.856. The van der Waals surface area contributed by atoms with Crippen molar-refractivity contribution in [2.45, 2.75) is 12.6 Å². The summed E-state index contributed by atoms with van der Waals surface area (Å²) in [7, 11) is 1.47. The Balaban J connectivity index is 2.13. The fraction of sp³-hybridized carbons (Fsp3) is 0.188. The molecule has 110 valence electrons. The number of benzene rings is 2. The molecule has 1 unspecified atom stereocenters. The summed E-state index contributed by atoms with van der Waals surface area (Å²) in [6, 6.07) is 12.9. The Kier molecular flexibility index (Phi) is 4.90. The van der Waals surface area contributed by atoms with Crippen LogP contribution < -0.4 is 15.8 Å². The van der Waals surface area contributed by atoms with E-state index in [1.54, 1.807) is 6.07 Å². The Hall–Kier alpha value is -2.40. The summed E-state index contributed by atoms with van der Waals surface area (Å²) >= 11 is 0. The van der Waals surface area contributed by atoms with Crippen LogP contribution in [0.3, 0.4) is 0 Å². The number of rotatable bonds is 6. The fourth-order valence-corrected chi connectivity index (χ4v) is 2.09. The minimum absolute atomic E-state index is 0.302. The van der Waals surface area contributed by atoms with Gasteiger partial charge in [-0.05, 0) is 23.3 Å². The monoisotopic (exact) mass is 288 g/mol. The van der Waals surface area contributed by atoms with E-state index in [1.165, 1.54) is 19.2 Å². The van der Waals surface area contributed by atoms with Gasteiger partial charge in [0.2, 0.25) is 5.91 Å². The molecule has 0 bridgehead atoms. The number of amides is 1. The predicted octanol–water partition coefficient (Wildman–Crippen LogP) is 2.15. The number of carbonyl (C=O) groups excluding carboxylic acids is 1. The molecule has 0 aliphatic carbocycles. The van der Waals surface area contributed by atoms with Gasteiger partial charge < -0.3 is 10.5 Å². The van der Waals surface area contributed by atoms with Gasteiger partial charge in [-0.15, -0.1) is 0 Å². The third-order valence-corrected chi connectivity index (χ3v) is 3.09. The molecule has 21 heavy (non-hydrogen) atoms. The van der Waals surface area contributed by atoms with Crippen LogP contribution in [0, 0.1) is 5.82 Å². The van der Waals surface area contributed by atoms with Gasteiger partial charge in [-0.3, -0.25) is 10.1 Å². The maximum atomic E-state index is 13.4. The maximum absolute atomic E-state index is 13.4. The molecule has 3 N–H and O–H groups in total. The fourth-order valence-electron chi connectivity index (χ4n) is 2.09. The van der Waals surface area contributed by atoms with Crippen LogP contribution in [0.4, 0.5) is 4.39 Å². The lowest BCUT2D eigenvalue weighted by molar-refractivity contribution is -0.120. The van der Waals surface area contributed by atoms with E-state index >= 15 is 0 Å². The van der Waals surface area contributed by atoms with E-state index in [0.717, 1.165) is 5.56 Å². The van der Waals surface area contributed by atoms with Crippen molar-refractivity contribution in [1.29, 1.82) is 0 Å². The first-order valence-corrected chi connectivity index (χ1v) is 6.51. The lowest BCUT2D eigenvalue weighted by Gasteiger charge is -2.16. The third-order valence-electron chi connectivity index (χ3n) is 3.09. The summed E-state index contributed by atoms with van der Waals surface area (Å²) in [5.74, 6) is -0.437. The molecule has 4 nitrogen and oxygen atoms in total. The second kappa shape index (κ2) is 6.85. The molecule has 0 saturated carbocycles. The van der Waals surface area contributed by atoms with Crippen molar-refractivity contribution in [2.75, 3.05) is 7.11 Å². The number of hydrogen-bond acceptors (Lipinski definition) is 3. The zero-order valence-electron chi connectivity index (χ0n) is 11.7. The van der Waals surface area contributed by atoms with Crippen LogP contribution in [0.25, 0.3) is 0 Å². The van der Waals surface area contributed by atoms with E-state index in [1.807, 2.05) is 30.3 Å². The van der Waals surface area contributed by atoms with Crippen molar-refractivity contribution in [1.82, 2.24) is 5.32 Å². The zero-order chi connectivity index (χ0) is 15.2. The molecular weight excluding hydrogens is 271 g/mol. The minimum atomic E-state index is -0.625. The summed E-state index contributed by atoms with van der Waals surface area (Å²) in [5.41, 5.74) is 6.87. The van der Waals surface area contributed by atoms with Gasteiger partial charge in [0, 0.05) is 12.6 Å². The molecule has 0 aromatic heterocycles. The second-order valence-corrected chi connectivity index (χ2v) is 4.63. The Labute approximate surface area is 122 Å². The third kappa shape index (κ3) is 4.03. The Morgan fingerprint density at radius 3 is 2.62 bits per heavy atom. The van der Waals surface area contributed by atoms with Crippen LogP contribution >= 0.6 is 0 Å². The molecule has 0 spiro atoms. The number of hydrogen-bond donors (Lipinski definition) is 2. The summed E-state index contributed by atoms with van der Waals surface area (Å²) in [4.78, 5) is 11.6. The van der Waals surface area contributed by atoms with Crippen LogP contribution in [0.2, 0.25) is 0 Å². The van der Waals surface area contributed by atoms with Gasteiger partial charge in [0.05, 0.1) is 7.11 Å². The summed E-state index contributed by atoms with van der Waals surface area (Å²) in [6.45, 7) is 0.302. The number of methoxy groups -OCH3 is 1. The van der Waals surface area contributed by atoms with Crippen molar-refractivity contribution >= 4 is 5.91 Å². The van der Waals surface area contributed by atoms with Gasteiger partial charge in [0.25, 0.3) is 0 Å². The van der Waals surface area contributed by atoms with Crippen molar-refractivity contribution < 1.29 is 13.9 Å². The SMILES string of the molecule is COc1cc(F)cc(CNC(C(N)=O)c2ccccc2)c1. The molecule has 5 heteroatoms. The first-order valence-electron chi connectivity index (χ1n) is 6.51. The second-order valence-electron chi connectivity index (χ2n) is 4.63. The molecule has 0 aliphatic heterocycles. The zero-order valence-corrected chi connectivity index (χ0v) is 11.7. The van der Waals surface area contributed by atoms with Crippen LogP contribution in [-0.2, 0) is 11.3 Å². The van der Waals surface area contributed by atoms with Crippen LogP contribution in [-0.4, -0.2) is 13.0 Å². The largest absolute Gasteiger partial charge is 0.497 e.